The second kappa shape index (κ2) is 4.31. The lowest BCUT2D eigenvalue weighted by Crippen LogP contribution is -2.07. The molecule has 0 unspecified atom stereocenters. The van der Waals surface area contributed by atoms with Crippen LogP contribution < -0.4 is 0 Å². The molecule has 1 aliphatic carbocycles. The smallest absolute Gasteiger partial charge is 0.309 e. The number of hydrogen-bond acceptors (Lipinski definition) is 4. The maximum absolute atomic E-state index is 11.4. The van der Waals surface area contributed by atoms with E-state index in [2.05, 4.69) is 4.98 Å². The molecule has 4 nitrogen and oxygen atoms in total. The van der Waals surface area contributed by atoms with Gasteiger partial charge in [-0.3, -0.25) is 9.78 Å². The number of pyridine rings is 1. The van der Waals surface area contributed by atoms with Gasteiger partial charge in [0.15, 0.2) is 0 Å². The quantitative estimate of drug-likeness (QED) is 0.720. The Morgan fingerprint density at radius 2 is 2.50 bits per heavy atom. The monoisotopic (exact) mass is 216 g/mol. The zero-order chi connectivity index (χ0) is 11.5. The third-order valence-corrected chi connectivity index (χ3v) is 2.68. The molecule has 2 atom stereocenters. The van der Waals surface area contributed by atoms with Gasteiger partial charge in [-0.05, 0) is 25.5 Å². The molecule has 0 radical (unpaired) electrons. The number of nitrogens with zero attached hydrogens (tertiary/aromatic N) is 2. The van der Waals surface area contributed by atoms with E-state index in [1.54, 1.807) is 13.0 Å². The van der Waals surface area contributed by atoms with Crippen molar-refractivity contribution in [2.75, 3.05) is 6.61 Å². The van der Waals surface area contributed by atoms with E-state index in [9.17, 15) is 4.79 Å². The van der Waals surface area contributed by atoms with Crippen molar-refractivity contribution in [1.29, 1.82) is 5.26 Å². The molecule has 16 heavy (non-hydrogen) atoms. The number of rotatable bonds is 3. The van der Waals surface area contributed by atoms with E-state index < -0.39 is 0 Å². The highest BCUT2D eigenvalue weighted by Crippen LogP contribution is 2.47. The molecule has 1 aromatic rings. The van der Waals surface area contributed by atoms with Crippen LogP contribution in [-0.4, -0.2) is 17.6 Å². The molecule has 1 fully saturated rings. The van der Waals surface area contributed by atoms with Gasteiger partial charge in [-0.2, -0.15) is 5.26 Å². The molecule has 0 N–H and O–H groups in total. The highest BCUT2D eigenvalue weighted by molar-refractivity contribution is 5.77. The number of nitriles is 1. The van der Waals surface area contributed by atoms with E-state index in [0.717, 1.165) is 12.1 Å². The first-order valence-electron chi connectivity index (χ1n) is 5.29. The van der Waals surface area contributed by atoms with Crippen LogP contribution >= 0.6 is 0 Å². The predicted molar refractivity (Wildman–Crippen MR) is 56.4 cm³/mol. The minimum Gasteiger partial charge on any atom is -0.466 e. The summed E-state index contributed by atoms with van der Waals surface area (Å²) in [5, 5.41) is 8.63. The molecule has 0 bridgehead atoms. The van der Waals surface area contributed by atoms with Crippen LogP contribution in [0.4, 0.5) is 0 Å². The molecule has 0 spiro atoms. The van der Waals surface area contributed by atoms with Gasteiger partial charge in [0.1, 0.15) is 6.07 Å². The first-order chi connectivity index (χ1) is 7.76. The van der Waals surface area contributed by atoms with E-state index in [-0.39, 0.29) is 17.8 Å². The van der Waals surface area contributed by atoms with Crippen molar-refractivity contribution < 1.29 is 9.53 Å². The Balaban J connectivity index is 2.01. The van der Waals surface area contributed by atoms with Crippen LogP contribution in [0.25, 0.3) is 0 Å². The first kappa shape index (κ1) is 10.6. The van der Waals surface area contributed by atoms with Crippen molar-refractivity contribution in [2.45, 2.75) is 19.3 Å². The normalized spacial score (nSPS) is 22.2. The van der Waals surface area contributed by atoms with Gasteiger partial charge in [-0.15, -0.1) is 0 Å². The SMILES string of the molecule is CCOC(=O)[C@@H]1C[C@H]1c1ccc(C#N)cn1. The van der Waals surface area contributed by atoms with Crippen molar-refractivity contribution in [3.8, 4) is 6.07 Å². The summed E-state index contributed by atoms with van der Waals surface area (Å²) in [6, 6.07) is 5.55. The van der Waals surface area contributed by atoms with Crippen LogP contribution in [0.1, 0.15) is 30.5 Å². The second-order valence-corrected chi connectivity index (χ2v) is 3.78. The molecule has 4 heteroatoms. The van der Waals surface area contributed by atoms with Gasteiger partial charge in [-0.1, -0.05) is 0 Å². The molecular formula is C12H12N2O2. The summed E-state index contributed by atoms with van der Waals surface area (Å²) in [7, 11) is 0. The van der Waals surface area contributed by atoms with Crippen LogP contribution in [0.3, 0.4) is 0 Å². The van der Waals surface area contributed by atoms with Gasteiger partial charge in [0, 0.05) is 17.8 Å². The summed E-state index contributed by atoms with van der Waals surface area (Å²) in [4.78, 5) is 15.6. The third-order valence-electron chi connectivity index (χ3n) is 2.68. The van der Waals surface area contributed by atoms with E-state index in [1.807, 2.05) is 12.1 Å². The van der Waals surface area contributed by atoms with E-state index in [1.165, 1.54) is 6.20 Å². The van der Waals surface area contributed by atoms with Crippen molar-refractivity contribution in [1.82, 2.24) is 4.98 Å². The standard InChI is InChI=1S/C12H12N2O2/c1-2-16-12(15)10-5-9(10)11-4-3-8(6-13)7-14-11/h3-4,7,9-10H,2,5H2,1H3/t9-,10-/m1/s1. The molecule has 0 aromatic carbocycles. The number of carbonyl (C=O) groups is 1. The van der Waals surface area contributed by atoms with Crippen molar-refractivity contribution in [3.05, 3.63) is 29.6 Å². The largest absolute Gasteiger partial charge is 0.466 e. The molecule has 1 heterocycles. The number of hydrogen-bond donors (Lipinski definition) is 0. The lowest BCUT2D eigenvalue weighted by atomic mass is 10.2. The minimum atomic E-state index is -0.140. The molecule has 1 saturated carbocycles. The van der Waals surface area contributed by atoms with Crippen LogP contribution in [0.2, 0.25) is 0 Å². The summed E-state index contributed by atoms with van der Waals surface area (Å²) in [6.07, 6.45) is 2.34. The lowest BCUT2D eigenvalue weighted by Gasteiger charge is -2.00. The van der Waals surface area contributed by atoms with Crippen molar-refractivity contribution in [3.63, 3.8) is 0 Å². The van der Waals surface area contributed by atoms with Crippen LogP contribution in [-0.2, 0) is 9.53 Å². The number of ether oxygens (including phenoxy) is 1. The van der Waals surface area contributed by atoms with E-state index in [0.29, 0.717) is 12.2 Å². The fraction of sp³-hybridized carbons (Fsp3) is 0.417. The van der Waals surface area contributed by atoms with Gasteiger partial charge in [0.2, 0.25) is 0 Å². The molecule has 82 valence electrons. The first-order valence-corrected chi connectivity index (χ1v) is 5.29. The Hall–Kier alpha value is -1.89. The predicted octanol–water partition coefficient (Wildman–Crippen LogP) is 1.62. The number of carbonyl (C=O) groups excluding carboxylic acids is 1. The minimum absolute atomic E-state index is 0.0413. The Kier molecular flexibility index (Phi) is 2.86. The highest BCUT2D eigenvalue weighted by atomic mass is 16.5. The number of aromatic nitrogens is 1. The summed E-state index contributed by atoms with van der Waals surface area (Å²) in [5.74, 6) is -0.00848. The summed E-state index contributed by atoms with van der Waals surface area (Å²) in [5.41, 5.74) is 1.41. The lowest BCUT2D eigenvalue weighted by molar-refractivity contribution is -0.144. The van der Waals surface area contributed by atoms with Crippen LogP contribution in [0.5, 0.6) is 0 Å². The maximum Gasteiger partial charge on any atom is 0.309 e. The van der Waals surface area contributed by atoms with Crippen LogP contribution in [0, 0.1) is 17.2 Å². The Labute approximate surface area is 93.9 Å². The molecule has 1 aliphatic rings. The Morgan fingerprint density at radius 3 is 3.06 bits per heavy atom. The molecule has 0 aliphatic heterocycles. The van der Waals surface area contributed by atoms with Crippen molar-refractivity contribution in [2.24, 2.45) is 5.92 Å². The van der Waals surface area contributed by atoms with Gasteiger partial charge in [0.05, 0.1) is 18.1 Å². The topological polar surface area (TPSA) is 63.0 Å². The molecular weight excluding hydrogens is 204 g/mol. The summed E-state index contributed by atoms with van der Waals surface area (Å²) in [6.45, 7) is 2.22. The van der Waals surface area contributed by atoms with Gasteiger partial charge in [0.25, 0.3) is 0 Å². The van der Waals surface area contributed by atoms with Gasteiger partial charge >= 0.3 is 5.97 Å². The van der Waals surface area contributed by atoms with E-state index in [4.69, 9.17) is 10.00 Å². The van der Waals surface area contributed by atoms with Gasteiger partial charge < -0.3 is 4.74 Å². The van der Waals surface area contributed by atoms with E-state index >= 15 is 0 Å². The number of esters is 1. The maximum atomic E-state index is 11.4. The third kappa shape index (κ3) is 2.03. The molecule has 1 aromatic heterocycles. The fourth-order valence-corrected chi connectivity index (χ4v) is 1.72. The fourth-order valence-electron chi connectivity index (χ4n) is 1.72. The summed E-state index contributed by atoms with van der Waals surface area (Å²) >= 11 is 0. The molecule has 0 amide bonds. The average molecular weight is 216 g/mol. The summed E-state index contributed by atoms with van der Waals surface area (Å²) < 4.78 is 4.94. The molecule has 0 saturated heterocycles. The molecule has 2 rings (SSSR count). The van der Waals surface area contributed by atoms with Crippen LogP contribution in [0.15, 0.2) is 18.3 Å². The van der Waals surface area contributed by atoms with Gasteiger partial charge in [-0.25, -0.2) is 0 Å². The van der Waals surface area contributed by atoms with Crippen molar-refractivity contribution >= 4 is 5.97 Å². The highest BCUT2D eigenvalue weighted by Gasteiger charge is 2.46. The average Bonchev–Trinajstić information content (AvgIpc) is 3.09. The Bertz CT molecular complexity index is 433. The zero-order valence-corrected chi connectivity index (χ0v) is 9.01. The zero-order valence-electron chi connectivity index (χ0n) is 9.01. The Morgan fingerprint density at radius 1 is 1.69 bits per heavy atom. The second-order valence-electron chi connectivity index (χ2n) is 3.78.